The summed E-state index contributed by atoms with van der Waals surface area (Å²) in [6.07, 6.45) is 12.9. The van der Waals surface area contributed by atoms with Gasteiger partial charge in [0.2, 0.25) is 0 Å². The molecule has 0 aliphatic carbocycles. The summed E-state index contributed by atoms with van der Waals surface area (Å²) in [4.78, 5) is 0. The van der Waals surface area contributed by atoms with Crippen molar-refractivity contribution in [3.05, 3.63) is 0 Å². The molecule has 1 aliphatic rings. The fourth-order valence-corrected chi connectivity index (χ4v) is 32.0. The summed E-state index contributed by atoms with van der Waals surface area (Å²) in [5.41, 5.74) is 0. The molecule has 0 aromatic heterocycles. The van der Waals surface area contributed by atoms with E-state index < -0.39 is 34.2 Å². The number of hydrogen-bond donors (Lipinski definition) is 0. The molecule has 0 unspecified atom stereocenters. The number of hydrogen-bond acceptors (Lipinski definition) is 8. The minimum absolute atomic E-state index is 0.669. The summed E-state index contributed by atoms with van der Waals surface area (Å²) in [7, 11) is -11.3. The molecule has 1 rings (SSSR count). The fourth-order valence-electron chi connectivity index (χ4n) is 6.58. The van der Waals surface area contributed by atoms with Gasteiger partial charge in [-0.15, -0.1) is 0 Å². The molecular formula is C36H80O8Si4. The van der Waals surface area contributed by atoms with Crippen LogP contribution in [0.5, 0.6) is 0 Å². The Bertz CT molecular complexity index is 623. The Morgan fingerprint density at radius 1 is 0.271 bits per heavy atom. The van der Waals surface area contributed by atoms with Crippen molar-refractivity contribution in [2.75, 3.05) is 52.9 Å². The Morgan fingerprint density at radius 3 is 0.646 bits per heavy atom. The van der Waals surface area contributed by atoms with Crippen LogP contribution >= 0.6 is 0 Å². The fraction of sp³-hybridized carbons (Fsp3) is 1.00. The highest BCUT2D eigenvalue weighted by Gasteiger charge is 2.61. The maximum atomic E-state index is 7.83. The highest BCUT2D eigenvalue weighted by Crippen LogP contribution is 2.44. The molecule has 1 saturated heterocycles. The molecule has 0 spiro atoms. The van der Waals surface area contributed by atoms with E-state index in [0.29, 0.717) is 26.4 Å². The van der Waals surface area contributed by atoms with E-state index in [1.807, 2.05) is 0 Å². The van der Waals surface area contributed by atoms with Crippen LogP contribution in [0.4, 0.5) is 0 Å². The van der Waals surface area contributed by atoms with E-state index in [2.05, 4.69) is 55.4 Å². The summed E-state index contributed by atoms with van der Waals surface area (Å²) in [5, 5.41) is 0. The van der Waals surface area contributed by atoms with Crippen molar-refractivity contribution in [1.29, 1.82) is 0 Å². The van der Waals surface area contributed by atoms with Crippen molar-refractivity contribution in [1.82, 2.24) is 0 Å². The third-order valence-corrected chi connectivity index (χ3v) is 29.9. The first kappa shape index (κ1) is 46.6. The van der Waals surface area contributed by atoms with Gasteiger partial charge in [-0.2, -0.15) is 0 Å². The monoisotopic (exact) mass is 752 g/mol. The Balaban J connectivity index is 3.76. The first-order valence-electron chi connectivity index (χ1n) is 20.4. The van der Waals surface area contributed by atoms with Gasteiger partial charge in [0.15, 0.2) is 0 Å². The molecule has 0 saturated carbocycles. The average Bonchev–Trinajstić information content (AvgIpc) is 3.04. The lowest BCUT2D eigenvalue weighted by Gasteiger charge is -2.54. The lowest BCUT2D eigenvalue weighted by molar-refractivity contribution is 0.117. The molecule has 0 N–H and O–H groups in total. The van der Waals surface area contributed by atoms with Gasteiger partial charge in [-0.3, -0.25) is 0 Å². The molecular weight excluding hydrogens is 673 g/mol. The molecule has 1 aliphatic heterocycles. The zero-order valence-corrected chi connectivity index (χ0v) is 37.1. The number of unbranched alkanes of at least 4 members (excludes halogenated alkanes) is 4. The van der Waals surface area contributed by atoms with Gasteiger partial charge in [0.05, 0.1) is 0 Å². The summed E-state index contributed by atoms with van der Waals surface area (Å²) in [6.45, 7) is 23.8. The van der Waals surface area contributed by atoms with Crippen molar-refractivity contribution in [2.24, 2.45) is 0 Å². The lowest BCUT2D eigenvalue weighted by Crippen LogP contribution is -2.70. The molecule has 0 bridgehead atoms. The topological polar surface area (TPSA) is 73.8 Å². The highest BCUT2D eigenvalue weighted by atomic mass is 28.5. The zero-order chi connectivity index (χ0) is 35.5. The van der Waals surface area contributed by atoms with Crippen LogP contribution < -0.4 is 0 Å². The van der Waals surface area contributed by atoms with Crippen LogP contribution in [-0.4, -0.2) is 87.1 Å². The molecule has 12 heteroatoms. The van der Waals surface area contributed by atoms with E-state index in [1.54, 1.807) is 0 Å². The Kier molecular flexibility index (Phi) is 27.3. The van der Waals surface area contributed by atoms with E-state index in [-0.39, 0.29) is 0 Å². The number of rotatable bonds is 32. The quantitative estimate of drug-likeness (QED) is 0.0497. The van der Waals surface area contributed by atoms with Crippen LogP contribution in [0.1, 0.15) is 132 Å². The molecule has 48 heavy (non-hydrogen) atoms. The van der Waals surface area contributed by atoms with Gasteiger partial charge in [-0.1, -0.05) is 107 Å². The van der Waals surface area contributed by atoms with Crippen molar-refractivity contribution in [3.8, 4) is 0 Å². The third kappa shape index (κ3) is 18.3. The van der Waals surface area contributed by atoms with Gasteiger partial charge in [0, 0.05) is 77.0 Å². The Hall–Kier alpha value is 0.548. The maximum Gasteiger partial charge on any atom is 0.322 e. The normalized spacial score (nSPS) is 26.5. The SMILES string of the molecule is CCCCOCC[Si]1(CCC)O[Si](CCC)(CCOCCCC)O[Si](CCC)(CCOCCCC)O[Si](CCC)(CCOCCCC)O1. The van der Waals surface area contributed by atoms with Crippen LogP contribution in [0.25, 0.3) is 0 Å². The second-order valence-electron chi connectivity index (χ2n) is 13.9. The molecule has 1 heterocycles. The van der Waals surface area contributed by atoms with Gasteiger partial charge >= 0.3 is 34.2 Å². The van der Waals surface area contributed by atoms with Crippen molar-refractivity contribution >= 4 is 34.2 Å². The van der Waals surface area contributed by atoms with E-state index in [4.69, 9.17) is 35.4 Å². The minimum atomic E-state index is -2.83. The van der Waals surface area contributed by atoms with E-state index in [9.17, 15) is 0 Å². The minimum Gasteiger partial charge on any atom is -0.415 e. The summed E-state index contributed by atoms with van der Waals surface area (Å²) >= 11 is 0. The van der Waals surface area contributed by atoms with E-state index in [0.717, 1.165) is 152 Å². The zero-order valence-electron chi connectivity index (χ0n) is 33.1. The van der Waals surface area contributed by atoms with Gasteiger partial charge in [0.25, 0.3) is 0 Å². The molecule has 0 aromatic carbocycles. The van der Waals surface area contributed by atoms with Crippen LogP contribution in [0.3, 0.4) is 0 Å². The van der Waals surface area contributed by atoms with Crippen LogP contribution in [0.2, 0.25) is 48.4 Å². The Morgan fingerprint density at radius 2 is 0.479 bits per heavy atom. The second kappa shape index (κ2) is 28.1. The predicted molar refractivity (Wildman–Crippen MR) is 210 cm³/mol. The van der Waals surface area contributed by atoms with Gasteiger partial charge < -0.3 is 35.4 Å². The van der Waals surface area contributed by atoms with E-state index in [1.165, 1.54) is 0 Å². The first-order chi connectivity index (χ1) is 23.3. The van der Waals surface area contributed by atoms with Crippen molar-refractivity contribution < 1.29 is 35.4 Å². The highest BCUT2D eigenvalue weighted by molar-refractivity contribution is 6.95. The number of ether oxygens (including phenoxy) is 4. The Labute approximate surface area is 302 Å². The molecule has 1 fully saturated rings. The summed E-state index contributed by atoms with van der Waals surface area (Å²) in [6, 6.07) is 7.03. The van der Waals surface area contributed by atoms with Crippen molar-refractivity contribution in [3.63, 3.8) is 0 Å². The molecule has 0 atom stereocenters. The molecule has 0 radical (unpaired) electrons. The molecule has 0 aromatic rings. The lowest BCUT2D eigenvalue weighted by atomic mass is 10.4. The van der Waals surface area contributed by atoms with Crippen LogP contribution in [0.15, 0.2) is 0 Å². The standard InChI is InChI=1S/C36H80O8Si4/c1-9-17-21-37-25-33-45(29-13-5)41-46(30-14-6,34-26-38-22-18-10-2)43-48(32-16-8,36-28-40-24-20-12-4)44-47(42-45,31-15-7)35-27-39-23-19-11-3/h9-36H2,1-8H3. The van der Waals surface area contributed by atoms with Crippen LogP contribution in [-0.2, 0) is 35.4 Å². The molecule has 288 valence electrons. The first-order valence-corrected chi connectivity index (χ1v) is 29.4. The average molecular weight is 753 g/mol. The van der Waals surface area contributed by atoms with Gasteiger partial charge in [-0.25, -0.2) is 0 Å². The third-order valence-electron chi connectivity index (χ3n) is 9.09. The molecule has 8 nitrogen and oxygen atoms in total. The van der Waals surface area contributed by atoms with Gasteiger partial charge in [0.1, 0.15) is 0 Å². The van der Waals surface area contributed by atoms with Crippen molar-refractivity contribution in [2.45, 2.75) is 181 Å². The maximum absolute atomic E-state index is 7.83. The summed E-state index contributed by atoms with van der Waals surface area (Å²) < 4.78 is 56.4. The molecule has 0 amide bonds. The predicted octanol–water partition coefficient (Wildman–Crippen LogP) is 10.7. The second-order valence-corrected chi connectivity index (χ2v) is 28.5. The van der Waals surface area contributed by atoms with Crippen LogP contribution in [0, 0.1) is 0 Å². The van der Waals surface area contributed by atoms with Gasteiger partial charge in [-0.05, 0) is 49.9 Å². The smallest absolute Gasteiger partial charge is 0.322 e. The largest absolute Gasteiger partial charge is 0.415 e. The van der Waals surface area contributed by atoms with E-state index >= 15 is 0 Å². The summed E-state index contributed by atoms with van der Waals surface area (Å²) in [5.74, 6) is 0.